The zero-order valence-corrected chi connectivity index (χ0v) is 13.5. The Morgan fingerprint density at radius 2 is 2.10 bits per heavy atom. The van der Waals surface area contributed by atoms with Gasteiger partial charge in [-0.05, 0) is 66.1 Å². The van der Waals surface area contributed by atoms with Crippen molar-refractivity contribution in [2.24, 2.45) is 0 Å². The third-order valence-electron chi connectivity index (χ3n) is 4.36. The molecular formula is C18H23NOS. The fraction of sp³-hybridized carbons (Fsp3) is 0.444. The first kappa shape index (κ1) is 14.6. The van der Waals surface area contributed by atoms with Crippen molar-refractivity contribution in [3.63, 3.8) is 0 Å². The molecule has 0 bridgehead atoms. The SMILES string of the molecule is COc1ccccc1C1CC(NC(C)Cc2ccsc2)C1. The average molecular weight is 301 g/mol. The molecule has 1 aliphatic carbocycles. The van der Waals surface area contributed by atoms with E-state index in [0.717, 1.165) is 12.2 Å². The maximum atomic E-state index is 5.47. The van der Waals surface area contributed by atoms with Gasteiger partial charge in [-0.15, -0.1) is 0 Å². The fourth-order valence-electron chi connectivity index (χ4n) is 3.24. The van der Waals surface area contributed by atoms with Gasteiger partial charge in [0.1, 0.15) is 5.75 Å². The molecule has 1 N–H and O–H groups in total. The molecule has 0 saturated heterocycles. The van der Waals surface area contributed by atoms with Gasteiger partial charge in [-0.25, -0.2) is 0 Å². The molecule has 0 spiro atoms. The summed E-state index contributed by atoms with van der Waals surface area (Å²) in [6.45, 7) is 2.29. The van der Waals surface area contributed by atoms with Gasteiger partial charge >= 0.3 is 0 Å². The molecular weight excluding hydrogens is 278 g/mol. The quantitative estimate of drug-likeness (QED) is 0.862. The summed E-state index contributed by atoms with van der Waals surface area (Å²) >= 11 is 1.78. The molecule has 1 unspecified atom stereocenters. The highest BCUT2D eigenvalue weighted by Crippen LogP contribution is 2.41. The van der Waals surface area contributed by atoms with Crippen LogP contribution in [0.4, 0.5) is 0 Å². The highest BCUT2D eigenvalue weighted by Gasteiger charge is 2.32. The molecule has 1 fully saturated rings. The van der Waals surface area contributed by atoms with E-state index < -0.39 is 0 Å². The minimum Gasteiger partial charge on any atom is -0.496 e. The Labute approximate surface area is 131 Å². The lowest BCUT2D eigenvalue weighted by Crippen LogP contribution is -2.45. The van der Waals surface area contributed by atoms with Crippen LogP contribution in [0.2, 0.25) is 0 Å². The van der Waals surface area contributed by atoms with E-state index in [-0.39, 0.29) is 0 Å². The summed E-state index contributed by atoms with van der Waals surface area (Å²) in [4.78, 5) is 0. The van der Waals surface area contributed by atoms with Crippen LogP contribution >= 0.6 is 11.3 Å². The standard InChI is InChI=1S/C18H23NOS/c1-13(9-14-7-8-21-12-14)19-16-10-15(11-16)17-5-3-4-6-18(17)20-2/h3-8,12-13,15-16,19H,9-11H2,1-2H3. The number of ether oxygens (including phenoxy) is 1. The van der Waals surface area contributed by atoms with Gasteiger partial charge < -0.3 is 10.1 Å². The summed E-state index contributed by atoms with van der Waals surface area (Å²) in [5, 5.41) is 8.16. The van der Waals surface area contributed by atoms with Crippen LogP contribution in [0.1, 0.15) is 36.8 Å². The largest absolute Gasteiger partial charge is 0.496 e. The van der Waals surface area contributed by atoms with Crippen molar-refractivity contribution in [3.05, 3.63) is 52.2 Å². The van der Waals surface area contributed by atoms with Crippen molar-refractivity contribution in [1.82, 2.24) is 5.32 Å². The maximum Gasteiger partial charge on any atom is 0.122 e. The van der Waals surface area contributed by atoms with Crippen molar-refractivity contribution >= 4 is 11.3 Å². The number of methoxy groups -OCH3 is 1. The van der Waals surface area contributed by atoms with E-state index in [2.05, 4.69) is 47.3 Å². The molecule has 2 aromatic rings. The normalized spacial score (nSPS) is 22.6. The topological polar surface area (TPSA) is 21.3 Å². The summed E-state index contributed by atoms with van der Waals surface area (Å²) in [5.74, 6) is 1.68. The van der Waals surface area contributed by atoms with Crippen molar-refractivity contribution in [1.29, 1.82) is 0 Å². The minimum atomic E-state index is 0.545. The molecule has 0 radical (unpaired) electrons. The van der Waals surface area contributed by atoms with E-state index in [4.69, 9.17) is 4.74 Å². The third-order valence-corrected chi connectivity index (χ3v) is 5.09. The zero-order valence-electron chi connectivity index (χ0n) is 12.7. The van der Waals surface area contributed by atoms with Gasteiger partial charge in [-0.1, -0.05) is 18.2 Å². The van der Waals surface area contributed by atoms with Gasteiger partial charge in [0.15, 0.2) is 0 Å². The zero-order chi connectivity index (χ0) is 14.7. The number of hydrogen-bond acceptors (Lipinski definition) is 3. The van der Waals surface area contributed by atoms with Crippen molar-refractivity contribution in [3.8, 4) is 5.75 Å². The lowest BCUT2D eigenvalue weighted by molar-refractivity contribution is 0.263. The van der Waals surface area contributed by atoms with E-state index in [1.807, 2.05) is 6.07 Å². The summed E-state index contributed by atoms with van der Waals surface area (Å²) in [7, 11) is 1.76. The molecule has 2 nitrogen and oxygen atoms in total. The van der Waals surface area contributed by atoms with E-state index >= 15 is 0 Å². The van der Waals surface area contributed by atoms with Crippen LogP contribution in [0.25, 0.3) is 0 Å². The maximum absolute atomic E-state index is 5.47. The first-order valence-corrected chi connectivity index (χ1v) is 8.60. The Balaban J connectivity index is 1.49. The van der Waals surface area contributed by atoms with Crippen molar-refractivity contribution < 1.29 is 4.74 Å². The molecule has 3 rings (SSSR count). The van der Waals surface area contributed by atoms with Crippen LogP contribution in [-0.4, -0.2) is 19.2 Å². The Kier molecular flexibility index (Phi) is 4.61. The van der Waals surface area contributed by atoms with Crippen LogP contribution in [0.5, 0.6) is 5.75 Å². The van der Waals surface area contributed by atoms with Gasteiger partial charge in [0.05, 0.1) is 7.11 Å². The lowest BCUT2D eigenvalue weighted by Gasteiger charge is -2.38. The van der Waals surface area contributed by atoms with Crippen LogP contribution in [-0.2, 0) is 6.42 Å². The van der Waals surface area contributed by atoms with E-state index in [0.29, 0.717) is 18.0 Å². The second-order valence-corrected chi connectivity index (χ2v) is 6.79. The summed E-state index contributed by atoms with van der Waals surface area (Å²) in [6, 6.07) is 11.8. The number of thiophene rings is 1. The second kappa shape index (κ2) is 6.63. The molecule has 1 saturated carbocycles. The first-order valence-electron chi connectivity index (χ1n) is 7.66. The van der Waals surface area contributed by atoms with Crippen LogP contribution < -0.4 is 10.1 Å². The van der Waals surface area contributed by atoms with Gasteiger partial charge in [0, 0.05) is 12.1 Å². The van der Waals surface area contributed by atoms with Crippen LogP contribution in [0.3, 0.4) is 0 Å². The number of nitrogens with one attached hydrogen (secondary N) is 1. The van der Waals surface area contributed by atoms with Gasteiger partial charge in [0.25, 0.3) is 0 Å². The van der Waals surface area contributed by atoms with Gasteiger partial charge in [0.2, 0.25) is 0 Å². The molecule has 1 aromatic carbocycles. The molecule has 3 heteroatoms. The molecule has 1 atom stereocenters. The Hall–Kier alpha value is -1.32. The van der Waals surface area contributed by atoms with Crippen molar-refractivity contribution in [2.45, 2.75) is 44.2 Å². The Morgan fingerprint density at radius 1 is 1.29 bits per heavy atom. The molecule has 1 aromatic heterocycles. The van der Waals surface area contributed by atoms with Crippen LogP contribution in [0, 0.1) is 0 Å². The highest BCUT2D eigenvalue weighted by atomic mass is 32.1. The smallest absolute Gasteiger partial charge is 0.122 e. The number of para-hydroxylation sites is 1. The van der Waals surface area contributed by atoms with Gasteiger partial charge in [-0.2, -0.15) is 11.3 Å². The lowest BCUT2D eigenvalue weighted by atomic mass is 9.75. The fourth-order valence-corrected chi connectivity index (χ4v) is 3.92. The second-order valence-electron chi connectivity index (χ2n) is 6.01. The predicted molar refractivity (Wildman–Crippen MR) is 89.4 cm³/mol. The molecule has 112 valence electrons. The predicted octanol–water partition coefficient (Wildman–Crippen LogP) is 4.22. The molecule has 0 aliphatic heterocycles. The summed E-state index contributed by atoms with van der Waals surface area (Å²) in [6.07, 6.45) is 3.56. The minimum absolute atomic E-state index is 0.545. The average Bonchev–Trinajstić information content (AvgIpc) is 2.95. The Bertz CT molecular complexity index is 560. The molecule has 21 heavy (non-hydrogen) atoms. The molecule has 0 amide bonds. The third kappa shape index (κ3) is 3.47. The van der Waals surface area contributed by atoms with E-state index in [9.17, 15) is 0 Å². The number of hydrogen-bond donors (Lipinski definition) is 1. The number of rotatable bonds is 6. The Morgan fingerprint density at radius 3 is 2.81 bits per heavy atom. The molecule has 1 aliphatic rings. The van der Waals surface area contributed by atoms with Crippen molar-refractivity contribution in [2.75, 3.05) is 7.11 Å². The number of benzene rings is 1. The first-order chi connectivity index (χ1) is 10.3. The summed E-state index contributed by atoms with van der Waals surface area (Å²) < 4.78 is 5.47. The summed E-state index contributed by atoms with van der Waals surface area (Å²) in [5.41, 5.74) is 2.81. The van der Waals surface area contributed by atoms with E-state index in [1.54, 1.807) is 18.4 Å². The van der Waals surface area contributed by atoms with Gasteiger partial charge in [-0.3, -0.25) is 0 Å². The molecule has 1 heterocycles. The monoisotopic (exact) mass is 301 g/mol. The van der Waals surface area contributed by atoms with Crippen LogP contribution in [0.15, 0.2) is 41.1 Å². The highest BCUT2D eigenvalue weighted by molar-refractivity contribution is 7.07. The van der Waals surface area contributed by atoms with E-state index in [1.165, 1.54) is 24.0 Å².